The Morgan fingerprint density at radius 1 is 1.41 bits per heavy atom. The number of aromatic nitrogens is 1. The Balaban J connectivity index is 2.18. The zero-order valence-corrected chi connectivity index (χ0v) is 13.4. The molecular formula is C16H18ClFN2O2. The van der Waals surface area contributed by atoms with Crippen LogP contribution >= 0.6 is 11.6 Å². The zero-order valence-electron chi connectivity index (χ0n) is 12.6. The number of aryl methyl sites for hydroxylation is 1. The van der Waals surface area contributed by atoms with Gasteiger partial charge in [0.15, 0.2) is 5.69 Å². The number of hydrogen-bond acceptors (Lipinski definition) is 3. The van der Waals surface area contributed by atoms with Gasteiger partial charge in [-0.15, -0.1) is 0 Å². The molecule has 0 atom stereocenters. The quantitative estimate of drug-likeness (QED) is 0.804. The minimum absolute atomic E-state index is 0.0941. The maximum atomic E-state index is 13.9. The highest BCUT2D eigenvalue weighted by atomic mass is 35.5. The third kappa shape index (κ3) is 3.65. The predicted octanol–water partition coefficient (Wildman–Crippen LogP) is 4.08. The van der Waals surface area contributed by atoms with Crippen molar-refractivity contribution >= 4 is 17.5 Å². The molecule has 0 saturated heterocycles. The molecule has 22 heavy (non-hydrogen) atoms. The van der Waals surface area contributed by atoms with Crippen molar-refractivity contribution in [3.63, 3.8) is 0 Å². The van der Waals surface area contributed by atoms with E-state index >= 15 is 0 Å². The van der Waals surface area contributed by atoms with Crippen molar-refractivity contribution in [1.29, 1.82) is 0 Å². The summed E-state index contributed by atoms with van der Waals surface area (Å²) in [6.07, 6.45) is 1.64. The van der Waals surface area contributed by atoms with Gasteiger partial charge in [-0.25, -0.2) is 4.39 Å². The maximum absolute atomic E-state index is 13.9. The van der Waals surface area contributed by atoms with Gasteiger partial charge in [0.2, 0.25) is 0 Å². The second-order valence-corrected chi connectivity index (χ2v) is 5.36. The molecule has 0 bridgehead atoms. The summed E-state index contributed by atoms with van der Waals surface area (Å²) in [4.78, 5) is 13.9. The smallest absolute Gasteiger partial charge is 0.276 e. The van der Waals surface area contributed by atoms with E-state index in [1.165, 1.54) is 17.0 Å². The Morgan fingerprint density at radius 3 is 2.82 bits per heavy atom. The molecule has 0 fully saturated rings. The molecule has 0 aliphatic rings. The van der Waals surface area contributed by atoms with Crippen molar-refractivity contribution in [3.05, 3.63) is 52.1 Å². The highest BCUT2D eigenvalue weighted by Crippen LogP contribution is 2.21. The fourth-order valence-corrected chi connectivity index (χ4v) is 2.36. The number of benzene rings is 1. The molecule has 0 aliphatic heterocycles. The van der Waals surface area contributed by atoms with Crippen molar-refractivity contribution in [2.45, 2.75) is 33.2 Å². The van der Waals surface area contributed by atoms with Crippen LogP contribution in [0.25, 0.3) is 0 Å². The second-order valence-electron chi connectivity index (χ2n) is 4.95. The van der Waals surface area contributed by atoms with Crippen molar-refractivity contribution in [1.82, 2.24) is 10.1 Å². The Labute approximate surface area is 133 Å². The molecule has 1 amide bonds. The number of halogens is 2. The summed E-state index contributed by atoms with van der Waals surface area (Å²) in [6.45, 7) is 4.35. The lowest BCUT2D eigenvalue weighted by Crippen LogP contribution is -2.31. The number of amides is 1. The molecule has 0 unspecified atom stereocenters. The van der Waals surface area contributed by atoms with Gasteiger partial charge < -0.3 is 9.42 Å². The molecule has 0 radical (unpaired) electrons. The van der Waals surface area contributed by atoms with Gasteiger partial charge in [0.1, 0.15) is 11.6 Å². The lowest BCUT2D eigenvalue weighted by atomic mass is 10.2. The summed E-state index contributed by atoms with van der Waals surface area (Å²) in [5.41, 5.74) is 0.536. The first-order chi connectivity index (χ1) is 10.6. The van der Waals surface area contributed by atoms with Gasteiger partial charge in [-0.3, -0.25) is 4.79 Å². The van der Waals surface area contributed by atoms with Crippen molar-refractivity contribution in [2.24, 2.45) is 0 Å². The third-order valence-electron chi connectivity index (χ3n) is 3.35. The maximum Gasteiger partial charge on any atom is 0.276 e. The largest absolute Gasteiger partial charge is 0.361 e. The minimum atomic E-state index is -0.425. The van der Waals surface area contributed by atoms with E-state index in [-0.39, 0.29) is 18.1 Å². The van der Waals surface area contributed by atoms with Crippen LogP contribution in [0.1, 0.15) is 42.1 Å². The summed E-state index contributed by atoms with van der Waals surface area (Å²) in [5, 5.41) is 4.10. The fourth-order valence-electron chi connectivity index (χ4n) is 2.14. The fraction of sp³-hybridized carbons (Fsp3) is 0.375. The van der Waals surface area contributed by atoms with Crippen LogP contribution in [0.15, 0.2) is 28.8 Å². The lowest BCUT2D eigenvalue weighted by Gasteiger charge is -2.20. The molecule has 118 valence electrons. The zero-order chi connectivity index (χ0) is 16.1. The highest BCUT2D eigenvalue weighted by molar-refractivity contribution is 6.31. The number of hydrogen-bond donors (Lipinski definition) is 0. The molecule has 0 aliphatic carbocycles. The highest BCUT2D eigenvalue weighted by Gasteiger charge is 2.21. The number of rotatable bonds is 6. The average Bonchev–Trinajstić information content (AvgIpc) is 2.95. The average molecular weight is 325 g/mol. The molecule has 1 heterocycles. The first-order valence-corrected chi connectivity index (χ1v) is 7.62. The van der Waals surface area contributed by atoms with Crippen LogP contribution in [0, 0.1) is 5.82 Å². The van der Waals surface area contributed by atoms with Gasteiger partial charge in [0.25, 0.3) is 5.91 Å². The van der Waals surface area contributed by atoms with Gasteiger partial charge in [0, 0.05) is 29.6 Å². The summed E-state index contributed by atoms with van der Waals surface area (Å²) in [5.74, 6) is -0.0516. The van der Waals surface area contributed by atoms with Crippen LogP contribution in [-0.2, 0) is 13.0 Å². The van der Waals surface area contributed by atoms with Crippen LogP contribution in [0.3, 0.4) is 0 Å². The van der Waals surface area contributed by atoms with E-state index in [4.69, 9.17) is 16.1 Å². The van der Waals surface area contributed by atoms with Crippen LogP contribution in [-0.4, -0.2) is 22.5 Å². The van der Waals surface area contributed by atoms with E-state index in [0.717, 1.165) is 12.8 Å². The van der Waals surface area contributed by atoms with Gasteiger partial charge in [-0.05, 0) is 25.5 Å². The van der Waals surface area contributed by atoms with E-state index in [0.29, 0.717) is 22.9 Å². The Kier molecular flexibility index (Phi) is 5.55. The molecule has 6 heteroatoms. The van der Waals surface area contributed by atoms with Gasteiger partial charge in [-0.1, -0.05) is 29.7 Å². The first-order valence-electron chi connectivity index (χ1n) is 7.24. The molecule has 1 aromatic carbocycles. The number of carbonyl (C=O) groups is 1. The Morgan fingerprint density at radius 2 is 2.18 bits per heavy atom. The normalized spacial score (nSPS) is 10.7. The summed E-state index contributed by atoms with van der Waals surface area (Å²) in [6, 6.07) is 6.11. The lowest BCUT2D eigenvalue weighted by molar-refractivity contribution is 0.0740. The van der Waals surface area contributed by atoms with Crippen molar-refractivity contribution in [2.75, 3.05) is 6.54 Å². The van der Waals surface area contributed by atoms with Crippen molar-refractivity contribution in [3.8, 4) is 0 Å². The number of carbonyl (C=O) groups excluding carboxylic acids is 1. The monoisotopic (exact) mass is 324 g/mol. The predicted molar refractivity (Wildman–Crippen MR) is 82.3 cm³/mol. The molecule has 0 saturated carbocycles. The molecule has 0 spiro atoms. The van der Waals surface area contributed by atoms with Gasteiger partial charge in [-0.2, -0.15) is 0 Å². The van der Waals surface area contributed by atoms with E-state index in [9.17, 15) is 9.18 Å². The summed E-state index contributed by atoms with van der Waals surface area (Å²) in [7, 11) is 0. The van der Waals surface area contributed by atoms with E-state index in [1.54, 1.807) is 12.1 Å². The molecular weight excluding hydrogens is 307 g/mol. The van der Waals surface area contributed by atoms with E-state index < -0.39 is 5.82 Å². The molecule has 2 aromatic rings. The SMILES string of the molecule is CCCc1cc(C(=O)N(CC)Cc2c(F)cccc2Cl)no1. The van der Waals surface area contributed by atoms with Crippen molar-refractivity contribution < 1.29 is 13.7 Å². The minimum Gasteiger partial charge on any atom is -0.361 e. The van der Waals surface area contributed by atoms with Crippen LogP contribution in [0.5, 0.6) is 0 Å². The Hall–Kier alpha value is -1.88. The molecule has 2 rings (SSSR count). The Bertz CT molecular complexity index is 637. The molecule has 0 N–H and O–H groups in total. The summed E-state index contributed by atoms with van der Waals surface area (Å²) >= 11 is 6.01. The van der Waals surface area contributed by atoms with Crippen LogP contribution < -0.4 is 0 Å². The second kappa shape index (κ2) is 7.40. The van der Waals surface area contributed by atoms with Gasteiger partial charge >= 0.3 is 0 Å². The summed E-state index contributed by atoms with van der Waals surface area (Å²) < 4.78 is 19.0. The molecule has 1 aromatic heterocycles. The van der Waals surface area contributed by atoms with E-state index in [2.05, 4.69) is 5.16 Å². The standard InChI is InChI=1S/C16H18ClFN2O2/c1-3-6-11-9-15(19-22-11)16(21)20(4-2)10-12-13(17)7-5-8-14(12)18/h5,7-9H,3-4,6,10H2,1-2H3. The first kappa shape index (κ1) is 16.5. The van der Waals surface area contributed by atoms with Gasteiger partial charge in [0.05, 0.1) is 6.54 Å². The third-order valence-corrected chi connectivity index (χ3v) is 3.71. The van der Waals surface area contributed by atoms with Crippen LogP contribution in [0.2, 0.25) is 5.02 Å². The topological polar surface area (TPSA) is 46.3 Å². The number of nitrogens with zero attached hydrogens (tertiary/aromatic N) is 2. The molecule has 4 nitrogen and oxygen atoms in total. The van der Waals surface area contributed by atoms with E-state index in [1.807, 2.05) is 13.8 Å². The van der Waals surface area contributed by atoms with Crippen LogP contribution in [0.4, 0.5) is 4.39 Å².